The third-order valence-corrected chi connectivity index (χ3v) is 1.77. The molecular weight excluding hydrogens is 210 g/mol. The van der Waals surface area contributed by atoms with Crippen LogP contribution in [0.3, 0.4) is 0 Å². The van der Waals surface area contributed by atoms with Crippen molar-refractivity contribution >= 4 is 5.91 Å². The van der Waals surface area contributed by atoms with Gasteiger partial charge in [-0.15, -0.1) is 0 Å². The summed E-state index contributed by atoms with van der Waals surface area (Å²) in [6.45, 7) is 6.38. The topological polar surface area (TPSA) is 56.8 Å². The molecule has 0 heterocycles. The lowest BCUT2D eigenvalue weighted by atomic mass is 10.4. The Morgan fingerprint density at radius 1 is 1.25 bits per heavy atom. The Morgan fingerprint density at radius 3 is 2.62 bits per heavy atom. The summed E-state index contributed by atoms with van der Waals surface area (Å²) in [5.41, 5.74) is 0. The van der Waals surface area contributed by atoms with Crippen LogP contribution in [0.5, 0.6) is 0 Å². The van der Waals surface area contributed by atoms with Gasteiger partial charge in [-0.2, -0.15) is 0 Å². The predicted octanol–water partition coefficient (Wildman–Crippen LogP) is 0.581. The summed E-state index contributed by atoms with van der Waals surface area (Å²) >= 11 is 0. The fourth-order valence-corrected chi connectivity index (χ4v) is 0.940. The van der Waals surface area contributed by atoms with Crippen molar-refractivity contribution < 1.29 is 19.0 Å². The van der Waals surface area contributed by atoms with E-state index < -0.39 is 0 Å². The molecule has 0 spiro atoms. The highest BCUT2D eigenvalue weighted by Crippen LogP contribution is 1.87. The number of amides is 1. The summed E-state index contributed by atoms with van der Waals surface area (Å²) in [6.07, 6.45) is 0.889. The molecule has 1 N–H and O–H groups in total. The van der Waals surface area contributed by atoms with Gasteiger partial charge in [-0.05, 0) is 20.3 Å². The number of carbonyl (C=O) groups is 1. The van der Waals surface area contributed by atoms with E-state index in [-0.39, 0.29) is 18.6 Å². The summed E-state index contributed by atoms with van der Waals surface area (Å²) < 4.78 is 15.2. The number of hydrogen-bond donors (Lipinski definition) is 1. The molecule has 5 nitrogen and oxygen atoms in total. The minimum atomic E-state index is -0.0782. The van der Waals surface area contributed by atoms with Crippen LogP contribution < -0.4 is 5.32 Å². The average Bonchev–Trinajstić information content (AvgIpc) is 2.25. The van der Waals surface area contributed by atoms with Gasteiger partial charge < -0.3 is 19.5 Å². The second kappa shape index (κ2) is 10.9. The average molecular weight is 233 g/mol. The third kappa shape index (κ3) is 11.4. The van der Waals surface area contributed by atoms with Crippen LogP contribution in [-0.2, 0) is 19.0 Å². The highest BCUT2D eigenvalue weighted by Gasteiger charge is 2.01. The van der Waals surface area contributed by atoms with Crippen molar-refractivity contribution in [3.8, 4) is 0 Å². The van der Waals surface area contributed by atoms with Crippen molar-refractivity contribution in [3.63, 3.8) is 0 Å². The summed E-state index contributed by atoms with van der Waals surface area (Å²) in [5.74, 6) is -0.0782. The summed E-state index contributed by atoms with van der Waals surface area (Å²) in [4.78, 5) is 11.2. The molecule has 0 aliphatic rings. The van der Waals surface area contributed by atoms with E-state index in [1.807, 2.05) is 13.8 Å². The molecule has 0 aromatic heterocycles. The maximum absolute atomic E-state index is 11.2. The number of ether oxygens (including phenoxy) is 3. The molecule has 0 unspecified atom stereocenters. The van der Waals surface area contributed by atoms with Gasteiger partial charge in [0, 0.05) is 20.3 Å². The zero-order valence-corrected chi connectivity index (χ0v) is 10.5. The standard InChI is InChI=1S/C11H23NO4/c1-10(2)16-9-11(13)12-5-4-6-15-8-7-14-3/h10H,4-9H2,1-3H3,(H,12,13). The van der Waals surface area contributed by atoms with Crippen LogP contribution in [-0.4, -0.2) is 52.1 Å². The van der Waals surface area contributed by atoms with Crippen LogP contribution in [0.25, 0.3) is 0 Å². The first kappa shape index (κ1) is 15.3. The van der Waals surface area contributed by atoms with E-state index >= 15 is 0 Å². The monoisotopic (exact) mass is 233 g/mol. The van der Waals surface area contributed by atoms with Crippen LogP contribution in [0.1, 0.15) is 20.3 Å². The van der Waals surface area contributed by atoms with E-state index in [2.05, 4.69) is 5.32 Å². The highest BCUT2D eigenvalue weighted by molar-refractivity contribution is 5.77. The van der Waals surface area contributed by atoms with Crippen molar-refractivity contribution in [2.75, 3.05) is 40.1 Å². The zero-order valence-electron chi connectivity index (χ0n) is 10.5. The van der Waals surface area contributed by atoms with Crippen molar-refractivity contribution in [1.29, 1.82) is 0 Å². The van der Waals surface area contributed by atoms with E-state index in [0.717, 1.165) is 6.42 Å². The number of rotatable bonds is 10. The lowest BCUT2D eigenvalue weighted by Crippen LogP contribution is -2.30. The lowest BCUT2D eigenvalue weighted by molar-refractivity contribution is -0.127. The first-order valence-corrected chi connectivity index (χ1v) is 5.61. The normalized spacial score (nSPS) is 10.8. The Bertz CT molecular complexity index is 173. The molecule has 5 heteroatoms. The van der Waals surface area contributed by atoms with Gasteiger partial charge in [0.1, 0.15) is 6.61 Å². The predicted molar refractivity (Wildman–Crippen MR) is 61.4 cm³/mol. The number of hydrogen-bond acceptors (Lipinski definition) is 4. The highest BCUT2D eigenvalue weighted by atomic mass is 16.5. The quantitative estimate of drug-likeness (QED) is 0.561. The van der Waals surface area contributed by atoms with Gasteiger partial charge in [-0.3, -0.25) is 4.79 Å². The van der Waals surface area contributed by atoms with Crippen LogP contribution in [0.4, 0.5) is 0 Å². The molecule has 1 amide bonds. The van der Waals surface area contributed by atoms with E-state index in [1.54, 1.807) is 7.11 Å². The third-order valence-electron chi connectivity index (χ3n) is 1.77. The molecule has 16 heavy (non-hydrogen) atoms. The molecule has 0 radical (unpaired) electrons. The first-order chi connectivity index (χ1) is 7.66. The van der Waals surface area contributed by atoms with Gasteiger partial charge in [0.05, 0.1) is 19.3 Å². The minimum Gasteiger partial charge on any atom is -0.382 e. The number of nitrogens with one attached hydrogen (secondary N) is 1. The summed E-state index contributed by atoms with van der Waals surface area (Å²) in [7, 11) is 1.64. The van der Waals surface area contributed by atoms with Crippen LogP contribution in [0.2, 0.25) is 0 Å². The van der Waals surface area contributed by atoms with Gasteiger partial charge in [0.15, 0.2) is 0 Å². The van der Waals surface area contributed by atoms with E-state index in [9.17, 15) is 4.79 Å². The fraction of sp³-hybridized carbons (Fsp3) is 0.909. The molecule has 0 aliphatic heterocycles. The summed E-state index contributed by atoms with van der Waals surface area (Å²) in [5, 5.41) is 2.75. The zero-order chi connectivity index (χ0) is 12.2. The van der Waals surface area contributed by atoms with E-state index in [1.165, 1.54) is 0 Å². The van der Waals surface area contributed by atoms with Crippen molar-refractivity contribution in [2.45, 2.75) is 26.4 Å². The lowest BCUT2D eigenvalue weighted by Gasteiger charge is -2.08. The van der Waals surface area contributed by atoms with Gasteiger partial charge in [0.2, 0.25) is 5.91 Å². The molecule has 0 fully saturated rings. The molecule has 0 aromatic rings. The molecule has 0 aromatic carbocycles. The summed E-state index contributed by atoms with van der Waals surface area (Å²) in [6, 6.07) is 0. The van der Waals surface area contributed by atoms with Crippen LogP contribution in [0, 0.1) is 0 Å². The van der Waals surface area contributed by atoms with Gasteiger partial charge in [-0.25, -0.2) is 0 Å². The van der Waals surface area contributed by atoms with Crippen molar-refractivity contribution in [1.82, 2.24) is 5.32 Å². The Labute approximate surface area is 97.4 Å². The molecule has 0 rings (SSSR count). The van der Waals surface area contributed by atoms with Crippen LogP contribution in [0.15, 0.2) is 0 Å². The molecule has 0 atom stereocenters. The minimum absolute atomic E-state index is 0.0782. The number of carbonyl (C=O) groups excluding carboxylic acids is 1. The van der Waals surface area contributed by atoms with Crippen molar-refractivity contribution in [3.05, 3.63) is 0 Å². The Morgan fingerprint density at radius 2 is 2.00 bits per heavy atom. The Balaban J connectivity index is 3.15. The maximum atomic E-state index is 11.2. The smallest absolute Gasteiger partial charge is 0.246 e. The van der Waals surface area contributed by atoms with E-state index in [4.69, 9.17) is 14.2 Å². The van der Waals surface area contributed by atoms with Gasteiger partial charge >= 0.3 is 0 Å². The van der Waals surface area contributed by atoms with E-state index in [0.29, 0.717) is 26.4 Å². The molecule has 0 aliphatic carbocycles. The maximum Gasteiger partial charge on any atom is 0.246 e. The second-order valence-electron chi connectivity index (χ2n) is 3.67. The fourth-order valence-electron chi connectivity index (χ4n) is 0.940. The molecular formula is C11H23NO4. The Kier molecular flexibility index (Phi) is 10.4. The van der Waals surface area contributed by atoms with Gasteiger partial charge in [0.25, 0.3) is 0 Å². The van der Waals surface area contributed by atoms with Gasteiger partial charge in [-0.1, -0.05) is 0 Å². The molecule has 0 saturated carbocycles. The number of methoxy groups -OCH3 is 1. The molecule has 0 saturated heterocycles. The first-order valence-electron chi connectivity index (χ1n) is 5.61. The van der Waals surface area contributed by atoms with Crippen molar-refractivity contribution in [2.24, 2.45) is 0 Å². The van der Waals surface area contributed by atoms with Crippen LogP contribution >= 0.6 is 0 Å². The second-order valence-corrected chi connectivity index (χ2v) is 3.67. The Hall–Kier alpha value is -0.650. The molecule has 96 valence electrons. The SMILES string of the molecule is COCCOCCCNC(=O)COC(C)C. The largest absolute Gasteiger partial charge is 0.382 e. The molecule has 0 bridgehead atoms.